The minimum Gasteiger partial charge on any atom is -0.314 e. The van der Waals surface area contributed by atoms with E-state index < -0.39 is 0 Å². The molecule has 20 heavy (non-hydrogen) atoms. The van der Waals surface area contributed by atoms with Crippen LogP contribution in [0.2, 0.25) is 0 Å². The Morgan fingerprint density at radius 2 is 2.10 bits per heavy atom. The number of aromatic nitrogens is 2. The molecule has 0 spiro atoms. The van der Waals surface area contributed by atoms with Crippen LogP contribution in [0.3, 0.4) is 0 Å². The van der Waals surface area contributed by atoms with E-state index in [0.29, 0.717) is 12.1 Å². The number of rotatable bonds is 8. The minimum atomic E-state index is 0.510. The summed E-state index contributed by atoms with van der Waals surface area (Å²) in [6.45, 7) is 7.72. The van der Waals surface area contributed by atoms with Crippen LogP contribution in [0.15, 0.2) is 12.3 Å². The molecule has 3 nitrogen and oxygen atoms in total. The van der Waals surface area contributed by atoms with Crippen LogP contribution in [0.5, 0.6) is 0 Å². The molecule has 0 saturated heterocycles. The topological polar surface area (TPSA) is 29.9 Å². The average Bonchev–Trinajstić information content (AvgIpc) is 3.10. The van der Waals surface area contributed by atoms with E-state index >= 15 is 0 Å². The molecule has 2 unspecified atom stereocenters. The lowest BCUT2D eigenvalue weighted by Crippen LogP contribution is -2.33. The van der Waals surface area contributed by atoms with Gasteiger partial charge in [-0.1, -0.05) is 39.5 Å². The molecule has 0 aliphatic heterocycles. The predicted octanol–water partition coefficient (Wildman–Crippen LogP) is 3.96. The van der Waals surface area contributed by atoms with E-state index in [2.05, 4.69) is 43.0 Å². The van der Waals surface area contributed by atoms with Crippen molar-refractivity contribution in [3.05, 3.63) is 18.0 Å². The van der Waals surface area contributed by atoms with Crippen molar-refractivity contribution in [3.8, 4) is 0 Å². The Bertz CT molecular complexity index is 379. The molecule has 1 N–H and O–H groups in total. The third-order valence-electron chi connectivity index (χ3n) is 4.75. The molecule has 1 fully saturated rings. The first kappa shape index (κ1) is 15.6. The van der Waals surface area contributed by atoms with Gasteiger partial charge in [0, 0.05) is 24.7 Å². The summed E-state index contributed by atoms with van der Waals surface area (Å²) in [7, 11) is 0. The normalized spacial score (nSPS) is 19.4. The van der Waals surface area contributed by atoms with Gasteiger partial charge in [-0.25, -0.2) is 0 Å². The lowest BCUT2D eigenvalue weighted by Gasteiger charge is -2.20. The van der Waals surface area contributed by atoms with Crippen LogP contribution in [-0.4, -0.2) is 22.4 Å². The second-order valence-corrected chi connectivity index (χ2v) is 6.39. The van der Waals surface area contributed by atoms with Gasteiger partial charge in [-0.15, -0.1) is 0 Å². The average molecular weight is 277 g/mol. The molecule has 0 bridgehead atoms. The summed E-state index contributed by atoms with van der Waals surface area (Å²) in [4.78, 5) is 0. The molecule has 1 aromatic heterocycles. The zero-order valence-electron chi connectivity index (χ0n) is 13.4. The summed E-state index contributed by atoms with van der Waals surface area (Å²) in [6, 6.07) is 3.31. The van der Waals surface area contributed by atoms with Crippen molar-refractivity contribution < 1.29 is 0 Å². The maximum Gasteiger partial charge on any atom is 0.0640 e. The molecule has 1 aliphatic carbocycles. The van der Waals surface area contributed by atoms with Crippen LogP contribution >= 0.6 is 0 Å². The molecule has 3 heteroatoms. The Morgan fingerprint density at radius 1 is 1.35 bits per heavy atom. The standard InChI is InChI=1S/C17H31N3/c1-4-14(3)20-11-10-16(19-20)13-17(18-5-2)12-15-8-6-7-9-15/h10-11,14-15,17-18H,4-9,12-13H2,1-3H3. The maximum absolute atomic E-state index is 4.75. The van der Waals surface area contributed by atoms with Gasteiger partial charge in [0.1, 0.15) is 0 Å². The van der Waals surface area contributed by atoms with Crippen molar-refractivity contribution in [2.24, 2.45) is 5.92 Å². The van der Waals surface area contributed by atoms with Crippen molar-refractivity contribution in [1.29, 1.82) is 0 Å². The van der Waals surface area contributed by atoms with Crippen molar-refractivity contribution in [2.75, 3.05) is 6.54 Å². The fourth-order valence-electron chi connectivity index (χ4n) is 3.35. The van der Waals surface area contributed by atoms with E-state index in [1.54, 1.807) is 0 Å². The van der Waals surface area contributed by atoms with Crippen molar-refractivity contribution in [1.82, 2.24) is 15.1 Å². The van der Waals surface area contributed by atoms with Gasteiger partial charge in [0.15, 0.2) is 0 Å². The molecule has 2 rings (SSSR count). The second-order valence-electron chi connectivity index (χ2n) is 6.39. The molecule has 0 amide bonds. The summed E-state index contributed by atoms with van der Waals surface area (Å²) in [6.07, 6.45) is 11.4. The highest BCUT2D eigenvalue weighted by Crippen LogP contribution is 2.29. The lowest BCUT2D eigenvalue weighted by atomic mass is 9.95. The predicted molar refractivity (Wildman–Crippen MR) is 85.0 cm³/mol. The molecule has 1 saturated carbocycles. The Hall–Kier alpha value is -0.830. The SMILES string of the molecule is CCNC(Cc1ccn(C(C)CC)n1)CC1CCCC1. The summed E-state index contributed by atoms with van der Waals surface area (Å²) < 4.78 is 2.12. The smallest absolute Gasteiger partial charge is 0.0640 e. The van der Waals surface area contributed by atoms with E-state index in [4.69, 9.17) is 5.10 Å². The monoisotopic (exact) mass is 277 g/mol. The van der Waals surface area contributed by atoms with Crippen molar-refractivity contribution >= 4 is 0 Å². The molecule has 114 valence electrons. The molecular formula is C17H31N3. The van der Waals surface area contributed by atoms with Crippen LogP contribution in [0.1, 0.15) is 71.0 Å². The third kappa shape index (κ3) is 4.34. The highest BCUT2D eigenvalue weighted by molar-refractivity contribution is 5.02. The first-order valence-electron chi connectivity index (χ1n) is 8.50. The van der Waals surface area contributed by atoms with Gasteiger partial charge in [0.05, 0.1) is 5.69 Å². The molecule has 0 radical (unpaired) electrons. The first-order valence-corrected chi connectivity index (χ1v) is 8.50. The largest absolute Gasteiger partial charge is 0.314 e. The van der Waals surface area contributed by atoms with Gasteiger partial charge in [0.2, 0.25) is 0 Å². The fraction of sp³-hybridized carbons (Fsp3) is 0.824. The van der Waals surface area contributed by atoms with E-state index in [1.807, 2.05) is 0 Å². The number of hydrogen-bond donors (Lipinski definition) is 1. The van der Waals surface area contributed by atoms with Gasteiger partial charge >= 0.3 is 0 Å². The molecule has 0 aromatic carbocycles. The third-order valence-corrected chi connectivity index (χ3v) is 4.75. The van der Waals surface area contributed by atoms with Crippen molar-refractivity contribution in [3.63, 3.8) is 0 Å². The van der Waals surface area contributed by atoms with E-state index in [1.165, 1.54) is 37.8 Å². The summed E-state index contributed by atoms with van der Waals surface area (Å²) in [5.74, 6) is 0.940. The summed E-state index contributed by atoms with van der Waals surface area (Å²) >= 11 is 0. The zero-order chi connectivity index (χ0) is 14.4. The number of nitrogens with one attached hydrogen (secondary N) is 1. The van der Waals surface area contributed by atoms with Gasteiger partial charge in [-0.3, -0.25) is 4.68 Å². The number of likely N-dealkylation sites (N-methyl/N-ethyl adjacent to an activating group) is 1. The maximum atomic E-state index is 4.75. The lowest BCUT2D eigenvalue weighted by molar-refractivity contribution is 0.385. The molecule has 1 heterocycles. The van der Waals surface area contributed by atoms with Gasteiger partial charge in [-0.05, 0) is 38.3 Å². The van der Waals surface area contributed by atoms with Crippen LogP contribution in [-0.2, 0) is 6.42 Å². The Labute approximate surface area is 124 Å². The highest BCUT2D eigenvalue weighted by Gasteiger charge is 2.20. The van der Waals surface area contributed by atoms with E-state index in [0.717, 1.165) is 25.3 Å². The van der Waals surface area contributed by atoms with Crippen molar-refractivity contribution in [2.45, 2.75) is 77.8 Å². The molecular weight excluding hydrogens is 246 g/mol. The fourth-order valence-corrected chi connectivity index (χ4v) is 3.35. The van der Waals surface area contributed by atoms with Crippen LogP contribution in [0, 0.1) is 5.92 Å². The van der Waals surface area contributed by atoms with Gasteiger partial charge in [0.25, 0.3) is 0 Å². The molecule has 1 aliphatic rings. The first-order chi connectivity index (χ1) is 9.72. The van der Waals surface area contributed by atoms with Crippen LogP contribution < -0.4 is 5.32 Å². The summed E-state index contributed by atoms with van der Waals surface area (Å²) in [5, 5.41) is 8.42. The zero-order valence-corrected chi connectivity index (χ0v) is 13.4. The second kappa shape index (κ2) is 7.82. The Balaban J connectivity index is 1.90. The molecule has 2 atom stereocenters. The molecule has 1 aromatic rings. The Morgan fingerprint density at radius 3 is 2.75 bits per heavy atom. The number of nitrogens with zero attached hydrogens (tertiary/aromatic N) is 2. The Kier molecular flexibility index (Phi) is 6.08. The van der Waals surface area contributed by atoms with E-state index in [9.17, 15) is 0 Å². The van der Waals surface area contributed by atoms with E-state index in [-0.39, 0.29) is 0 Å². The van der Waals surface area contributed by atoms with Crippen LogP contribution in [0.4, 0.5) is 0 Å². The minimum absolute atomic E-state index is 0.510. The quantitative estimate of drug-likeness (QED) is 0.779. The highest BCUT2D eigenvalue weighted by atomic mass is 15.3. The van der Waals surface area contributed by atoms with Gasteiger partial charge in [-0.2, -0.15) is 5.10 Å². The number of hydrogen-bond acceptors (Lipinski definition) is 2. The van der Waals surface area contributed by atoms with Crippen LogP contribution in [0.25, 0.3) is 0 Å². The van der Waals surface area contributed by atoms with Gasteiger partial charge < -0.3 is 5.32 Å². The summed E-state index contributed by atoms with van der Waals surface area (Å²) in [5.41, 5.74) is 1.24.